The van der Waals surface area contributed by atoms with Gasteiger partial charge in [-0.2, -0.15) is 0 Å². The van der Waals surface area contributed by atoms with E-state index in [1.54, 1.807) is 14.2 Å². The summed E-state index contributed by atoms with van der Waals surface area (Å²) in [6, 6.07) is 5.81. The first-order chi connectivity index (χ1) is 13.6. The van der Waals surface area contributed by atoms with Gasteiger partial charge in [-0.15, -0.1) is 24.0 Å². The fourth-order valence-corrected chi connectivity index (χ4v) is 3.40. The second-order valence-electron chi connectivity index (χ2n) is 7.22. The number of benzene rings is 1. The van der Waals surface area contributed by atoms with E-state index in [2.05, 4.69) is 39.3 Å². The highest BCUT2D eigenvalue weighted by Crippen LogP contribution is 2.30. The van der Waals surface area contributed by atoms with E-state index in [0.29, 0.717) is 18.3 Å². The number of likely N-dealkylation sites (N-methyl/N-ethyl adjacent to an activating group) is 1. The van der Waals surface area contributed by atoms with Gasteiger partial charge in [-0.3, -0.25) is 4.99 Å². The molecule has 0 spiro atoms. The van der Waals surface area contributed by atoms with Crippen LogP contribution in [0.5, 0.6) is 11.5 Å². The lowest BCUT2D eigenvalue weighted by atomic mass is 10.1. The number of hydrogen-bond acceptors (Lipinski definition) is 5. The summed E-state index contributed by atoms with van der Waals surface area (Å²) in [6.45, 7) is 14.9. The molecule has 0 amide bonds. The number of anilines is 1. The average Bonchev–Trinajstić information content (AvgIpc) is 2.72. The predicted octanol–water partition coefficient (Wildman–Crippen LogP) is 2.97. The second kappa shape index (κ2) is 13.9. The Morgan fingerprint density at radius 2 is 1.83 bits per heavy atom. The monoisotopic (exact) mass is 519 g/mol. The Morgan fingerprint density at radius 3 is 2.41 bits per heavy atom. The van der Waals surface area contributed by atoms with Crippen LogP contribution in [0.15, 0.2) is 23.2 Å². The summed E-state index contributed by atoms with van der Waals surface area (Å²) in [6.07, 6.45) is 0. The molecule has 0 aliphatic carbocycles. The number of aliphatic imine (C=N–C) groups is 1. The number of nitrogens with one attached hydrogen (secondary N) is 2. The van der Waals surface area contributed by atoms with Crippen molar-refractivity contribution in [2.45, 2.75) is 20.8 Å². The van der Waals surface area contributed by atoms with E-state index in [1.165, 1.54) is 13.1 Å². The quantitative estimate of drug-likeness (QED) is 0.297. The minimum atomic E-state index is 0. The highest BCUT2D eigenvalue weighted by Gasteiger charge is 2.17. The highest BCUT2D eigenvalue weighted by molar-refractivity contribution is 14.0. The van der Waals surface area contributed by atoms with Gasteiger partial charge in [-0.05, 0) is 31.5 Å². The van der Waals surface area contributed by atoms with Crippen LogP contribution in [0.25, 0.3) is 0 Å². The summed E-state index contributed by atoms with van der Waals surface area (Å²) >= 11 is 0. The average molecular weight is 519 g/mol. The molecular formula is C21H38IN5O2. The molecule has 166 valence electrons. The molecule has 1 aliphatic heterocycles. The molecule has 8 heteroatoms. The van der Waals surface area contributed by atoms with E-state index in [-0.39, 0.29) is 24.0 Å². The van der Waals surface area contributed by atoms with Gasteiger partial charge in [0.2, 0.25) is 0 Å². The SMILES string of the molecule is CCOc1ccc(NC(=NC)NCC(C)CN2CCN(CC)CC2)cc1OC.I. The molecule has 2 rings (SSSR count). The molecule has 1 heterocycles. The lowest BCUT2D eigenvalue weighted by molar-refractivity contribution is 0.124. The van der Waals surface area contributed by atoms with E-state index in [4.69, 9.17) is 9.47 Å². The maximum Gasteiger partial charge on any atom is 0.195 e. The largest absolute Gasteiger partial charge is 0.493 e. The van der Waals surface area contributed by atoms with Gasteiger partial charge < -0.3 is 29.9 Å². The fourth-order valence-electron chi connectivity index (χ4n) is 3.40. The summed E-state index contributed by atoms with van der Waals surface area (Å²) in [7, 11) is 3.44. The van der Waals surface area contributed by atoms with Gasteiger partial charge in [0.25, 0.3) is 0 Å². The third kappa shape index (κ3) is 8.55. The Balaban J connectivity index is 0.00000420. The third-order valence-corrected chi connectivity index (χ3v) is 5.05. The molecule has 7 nitrogen and oxygen atoms in total. The third-order valence-electron chi connectivity index (χ3n) is 5.05. The Morgan fingerprint density at radius 1 is 1.14 bits per heavy atom. The van der Waals surface area contributed by atoms with Gasteiger partial charge >= 0.3 is 0 Å². The molecule has 1 aromatic rings. The lowest BCUT2D eigenvalue weighted by Gasteiger charge is -2.35. The highest BCUT2D eigenvalue weighted by atomic mass is 127. The molecule has 1 aromatic carbocycles. The van der Waals surface area contributed by atoms with Gasteiger partial charge in [0.05, 0.1) is 13.7 Å². The van der Waals surface area contributed by atoms with Crippen LogP contribution in [0.4, 0.5) is 5.69 Å². The van der Waals surface area contributed by atoms with Crippen molar-refractivity contribution in [2.75, 3.05) is 71.9 Å². The molecule has 1 unspecified atom stereocenters. The maximum atomic E-state index is 5.57. The summed E-state index contributed by atoms with van der Waals surface area (Å²) in [5, 5.41) is 6.76. The number of piperazine rings is 1. The maximum absolute atomic E-state index is 5.57. The minimum absolute atomic E-state index is 0. The van der Waals surface area contributed by atoms with E-state index in [1.807, 2.05) is 25.1 Å². The minimum Gasteiger partial charge on any atom is -0.493 e. The smallest absolute Gasteiger partial charge is 0.195 e. The zero-order valence-electron chi connectivity index (χ0n) is 18.5. The Bertz CT molecular complexity index is 621. The molecule has 1 aliphatic rings. The molecule has 1 saturated heterocycles. The number of methoxy groups -OCH3 is 1. The van der Waals surface area contributed by atoms with Crippen LogP contribution >= 0.6 is 24.0 Å². The topological polar surface area (TPSA) is 61.4 Å². The Labute approximate surface area is 193 Å². The van der Waals surface area contributed by atoms with Crippen LogP contribution in [0, 0.1) is 5.92 Å². The number of halogens is 1. The fraction of sp³-hybridized carbons (Fsp3) is 0.667. The van der Waals surface area contributed by atoms with E-state index in [9.17, 15) is 0 Å². The zero-order chi connectivity index (χ0) is 20.4. The van der Waals surface area contributed by atoms with Crippen LogP contribution in [-0.4, -0.2) is 82.3 Å². The van der Waals surface area contributed by atoms with E-state index in [0.717, 1.165) is 50.1 Å². The normalized spacial score (nSPS) is 16.7. The molecule has 2 N–H and O–H groups in total. The predicted molar refractivity (Wildman–Crippen MR) is 132 cm³/mol. The second-order valence-corrected chi connectivity index (χ2v) is 7.22. The van der Waals surface area contributed by atoms with Gasteiger partial charge in [-0.1, -0.05) is 13.8 Å². The van der Waals surface area contributed by atoms with Crippen LogP contribution in [0.2, 0.25) is 0 Å². The molecule has 1 atom stereocenters. The standard InChI is InChI=1S/C21H37N5O2.HI/c1-6-25-10-12-26(13-11-25)16-17(3)15-23-21(22-4)24-18-8-9-19(28-7-2)20(14-18)27-5;/h8-9,14,17H,6-7,10-13,15-16H2,1-5H3,(H2,22,23,24);1H. The van der Waals surface area contributed by atoms with Crippen molar-refractivity contribution in [1.82, 2.24) is 15.1 Å². The van der Waals surface area contributed by atoms with Crippen molar-refractivity contribution < 1.29 is 9.47 Å². The van der Waals surface area contributed by atoms with Crippen LogP contribution < -0.4 is 20.1 Å². The number of rotatable bonds is 9. The molecular weight excluding hydrogens is 481 g/mol. The molecule has 29 heavy (non-hydrogen) atoms. The number of nitrogens with zero attached hydrogens (tertiary/aromatic N) is 3. The van der Waals surface area contributed by atoms with Crippen molar-refractivity contribution >= 4 is 35.6 Å². The number of ether oxygens (including phenoxy) is 2. The summed E-state index contributed by atoms with van der Waals surface area (Å²) in [4.78, 5) is 9.41. The molecule has 1 fully saturated rings. The lowest BCUT2D eigenvalue weighted by Crippen LogP contribution is -2.48. The summed E-state index contributed by atoms with van der Waals surface area (Å²) < 4.78 is 11.0. The Kier molecular flexibility index (Phi) is 12.3. The van der Waals surface area contributed by atoms with Crippen LogP contribution in [0.1, 0.15) is 20.8 Å². The Hall–Kier alpha value is -1.26. The van der Waals surface area contributed by atoms with Gasteiger partial charge in [0.15, 0.2) is 17.5 Å². The van der Waals surface area contributed by atoms with Crippen molar-refractivity contribution in [2.24, 2.45) is 10.9 Å². The van der Waals surface area contributed by atoms with E-state index < -0.39 is 0 Å². The van der Waals surface area contributed by atoms with Crippen molar-refractivity contribution in [3.8, 4) is 11.5 Å². The van der Waals surface area contributed by atoms with Crippen molar-refractivity contribution in [3.63, 3.8) is 0 Å². The zero-order valence-corrected chi connectivity index (χ0v) is 20.9. The molecule has 0 aromatic heterocycles. The molecule has 0 saturated carbocycles. The number of hydrogen-bond donors (Lipinski definition) is 2. The van der Waals surface area contributed by atoms with Crippen molar-refractivity contribution in [1.29, 1.82) is 0 Å². The van der Waals surface area contributed by atoms with Gasteiger partial charge in [0.1, 0.15) is 0 Å². The molecule has 0 radical (unpaired) electrons. The summed E-state index contributed by atoms with van der Waals surface area (Å²) in [5.41, 5.74) is 0.914. The summed E-state index contributed by atoms with van der Waals surface area (Å²) in [5.74, 6) is 2.76. The van der Waals surface area contributed by atoms with Crippen molar-refractivity contribution in [3.05, 3.63) is 18.2 Å². The van der Waals surface area contributed by atoms with E-state index >= 15 is 0 Å². The number of guanidine groups is 1. The first-order valence-corrected chi connectivity index (χ1v) is 10.3. The first kappa shape index (κ1) is 25.8. The first-order valence-electron chi connectivity index (χ1n) is 10.3. The van der Waals surface area contributed by atoms with Gasteiger partial charge in [0, 0.05) is 58.1 Å². The molecule has 0 bridgehead atoms. The van der Waals surface area contributed by atoms with Gasteiger partial charge in [-0.25, -0.2) is 0 Å². The van der Waals surface area contributed by atoms with Crippen LogP contribution in [-0.2, 0) is 0 Å². The van der Waals surface area contributed by atoms with Crippen LogP contribution in [0.3, 0.4) is 0 Å².